The normalized spacial score (nSPS) is 12.8. The van der Waals surface area contributed by atoms with Gasteiger partial charge in [-0.2, -0.15) is 0 Å². The second-order valence-electron chi connectivity index (χ2n) is 3.88. The Morgan fingerprint density at radius 1 is 1.17 bits per heavy atom. The number of hydrogen-bond acceptors (Lipinski definition) is 2. The van der Waals surface area contributed by atoms with Crippen molar-refractivity contribution in [2.75, 3.05) is 0 Å². The van der Waals surface area contributed by atoms with Crippen molar-refractivity contribution in [2.45, 2.75) is 13.0 Å². The molecule has 1 aromatic heterocycles. The smallest absolute Gasteiger partial charge is 0.194 e. The Morgan fingerprint density at radius 3 is 2.17 bits per heavy atom. The Kier molecular flexibility index (Phi) is 3.66. The van der Waals surface area contributed by atoms with Crippen molar-refractivity contribution in [3.63, 3.8) is 0 Å². The summed E-state index contributed by atoms with van der Waals surface area (Å²) < 4.78 is 39.6. The van der Waals surface area contributed by atoms with E-state index in [2.05, 4.69) is 0 Å². The molecule has 0 aliphatic carbocycles. The number of thiophene rings is 1. The molecular formula is C12H9ClF3NS. The summed E-state index contributed by atoms with van der Waals surface area (Å²) in [5.74, 6) is -3.99. The van der Waals surface area contributed by atoms with Crippen molar-refractivity contribution in [3.05, 3.63) is 56.0 Å². The molecule has 1 unspecified atom stereocenters. The Morgan fingerprint density at radius 2 is 1.72 bits per heavy atom. The lowest BCUT2D eigenvalue weighted by Crippen LogP contribution is -2.11. The van der Waals surface area contributed by atoms with Gasteiger partial charge >= 0.3 is 0 Å². The molecule has 0 spiro atoms. The predicted molar refractivity (Wildman–Crippen MR) is 66.4 cm³/mol. The van der Waals surface area contributed by atoms with E-state index in [4.69, 9.17) is 17.3 Å². The van der Waals surface area contributed by atoms with E-state index < -0.39 is 23.5 Å². The summed E-state index contributed by atoms with van der Waals surface area (Å²) in [6.45, 7) is 1.81. The van der Waals surface area contributed by atoms with Crippen LogP contribution in [0.15, 0.2) is 18.2 Å². The molecule has 6 heteroatoms. The minimum atomic E-state index is -1.49. The second kappa shape index (κ2) is 4.91. The molecule has 0 aliphatic rings. The Hall–Kier alpha value is -1.04. The lowest BCUT2D eigenvalue weighted by Gasteiger charge is -2.10. The van der Waals surface area contributed by atoms with Crippen molar-refractivity contribution in [2.24, 2.45) is 5.73 Å². The molecule has 2 aromatic rings. The number of benzene rings is 1. The number of aryl methyl sites for hydroxylation is 1. The van der Waals surface area contributed by atoms with E-state index in [0.717, 1.165) is 17.7 Å². The zero-order chi connectivity index (χ0) is 13.4. The Labute approximate surface area is 111 Å². The van der Waals surface area contributed by atoms with E-state index in [-0.39, 0.29) is 5.56 Å². The molecule has 1 atom stereocenters. The van der Waals surface area contributed by atoms with Gasteiger partial charge in [0.15, 0.2) is 17.5 Å². The first-order chi connectivity index (χ1) is 8.40. The first-order valence-corrected chi connectivity index (χ1v) is 6.25. The average molecular weight is 292 g/mol. The molecule has 0 saturated carbocycles. The van der Waals surface area contributed by atoms with Crippen LogP contribution < -0.4 is 5.73 Å². The molecule has 0 bridgehead atoms. The van der Waals surface area contributed by atoms with Crippen LogP contribution in [0.1, 0.15) is 22.0 Å². The van der Waals surface area contributed by atoms with E-state index in [9.17, 15) is 13.2 Å². The number of rotatable bonds is 2. The third-order valence-electron chi connectivity index (χ3n) is 2.55. The zero-order valence-corrected chi connectivity index (χ0v) is 10.9. The van der Waals surface area contributed by atoms with Crippen LogP contribution in [0.5, 0.6) is 0 Å². The van der Waals surface area contributed by atoms with Crippen LogP contribution in [-0.2, 0) is 0 Å². The molecule has 18 heavy (non-hydrogen) atoms. The van der Waals surface area contributed by atoms with Crippen molar-refractivity contribution in [1.29, 1.82) is 0 Å². The monoisotopic (exact) mass is 291 g/mol. The summed E-state index contributed by atoms with van der Waals surface area (Å²) in [7, 11) is 0. The first-order valence-electron chi connectivity index (χ1n) is 5.06. The summed E-state index contributed by atoms with van der Waals surface area (Å²) in [5.41, 5.74) is 6.90. The Bertz CT molecular complexity index is 554. The fourth-order valence-electron chi connectivity index (χ4n) is 1.56. The number of hydrogen-bond donors (Lipinski definition) is 1. The minimum Gasteiger partial charge on any atom is -0.320 e. The molecule has 96 valence electrons. The van der Waals surface area contributed by atoms with E-state index in [1.807, 2.05) is 0 Å². The zero-order valence-electron chi connectivity index (χ0n) is 9.31. The highest BCUT2D eigenvalue weighted by atomic mass is 35.5. The van der Waals surface area contributed by atoms with Crippen LogP contribution in [-0.4, -0.2) is 0 Å². The van der Waals surface area contributed by atoms with Crippen LogP contribution in [0.3, 0.4) is 0 Å². The third kappa shape index (κ3) is 2.39. The quantitative estimate of drug-likeness (QED) is 0.826. The maximum Gasteiger partial charge on any atom is 0.194 e. The minimum absolute atomic E-state index is 0.171. The molecule has 0 amide bonds. The topological polar surface area (TPSA) is 26.0 Å². The van der Waals surface area contributed by atoms with Crippen molar-refractivity contribution >= 4 is 22.9 Å². The average Bonchev–Trinajstić information content (AvgIpc) is 2.65. The van der Waals surface area contributed by atoms with E-state index in [1.54, 1.807) is 13.0 Å². The van der Waals surface area contributed by atoms with Crippen LogP contribution in [0.2, 0.25) is 4.34 Å². The van der Waals surface area contributed by atoms with Gasteiger partial charge in [0.2, 0.25) is 0 Å². The lowest BCUT2D eigenvalue weighted by atomic mass is 10.1. The fourth-order valence-corrected chi connectivity index (χ4v) is 2.80. The van der Waals surface area contributed by atoms with Gasteiger partial charge in [-0.25, -0.2) is 13.2 Å². The fraction of sp³-hybridized carbons (Fsp3) is 0.167. The highest BCUT2D eigenvalue weighted by Crippen LogP contribution is 2.33. The van der Waals surface area contributed by atoms with Crippen LogP contribution >= 0.6 is 22.9 Å². The highest BCUT2D eigenvalue weighted by molar-refractivity contribution is 7.16. The van der Waals surface area contributed by atoms with E-state index in [0.29, 0.717) is 9.21 Å². The highest BCUT2D eigenvalue weighted by Gasteiger charge is 2.18. The van der Waals surface area contributed by atoms with Gasteiger partial charge in [-0.05, 0) is 36.2 Å². The van der Waals surface area contributed by atoms with Gasteiger partial charge in [0.1, 0.15) is 0 Å². The SMILES string of the molecule is Cc1cc(C(N)c2cc(F)c(F)c(F)c2)sc1Cl. The largest absolute Gasteiger partial charge is 0.320 e. The number of nitrogens with two attached hydrogens (primary N) is 1. The third-order valence-corrected chi connectivity index (χ3v) is 4.19. The predicted octanol–water partition coefficient (Wildman–Crippen LogP) is 4.18. The summed E-state index contributed by atoms with van der Waals surface area (Å²) in [6, 6.07) is 2.81. The molecule has 1 aromatic carbocycles. The summed E-state index contributed by atoms with van der Waals surface area (Å²) >= 11 is 7.14. The van der Waals surface area contributed by atoms with Gasteiger partial charge in [-0.15, -0.1) is 11.3 Å². The van der Waals surface area contributed by atoms with Crippen LogP contribution in [0, 0.1) is 24.4 Å². The molecule has 1 heterocycles. The van der Waals surface area contributed by atoms with Gasteiger partial charge in [-0.3, -0.25) is 0 Å². The van der Waals surface area contributed by atoms with Gasteiger partial charge < -0.3 is 5.73 Å². The lowest BCUT2D eigenvalue weighted by molar-refractivity contribution is 0.444. The maximum atomic E-state index is 13.1. The summed E-state index contributed by atoms with van der Waals surface area (Å²) in [4.78, 5) is 0.669. The molecule has 0 fully saturated rings. The second-order valence-corrected chi connectivity index (χ2v) is 5.57. The molecular weight excluding hydrogens is 283 g/mol. The first kappa shape index (κ1) is 13.4. The van der Waals surface area contributed by atoms with E-state index >= 15 is 0 Å². The summed E-state index contributed by atoms with van der Waals surface area (Å²) in [6.07, 6.45) is 0. The van der Waals surface area contributed by atoms with Crippen molar-refractivity contribution in [3.8, 4) is 0 Å². The van der Waals surface area contributed by atoms with Crippen molar-refractivity contribution < 1.29 is 13.2 Å². The molecule has 0 aliphatic heterocycles. The van der Waals surface area contributed by atoms with Gasteiger partial charge in [0, 0.05) is 4.88 Å². The molecule has 2 N–H and O–H groups in total. The van der Waals surface area contributed by atoms with Gasteiger partial charge in [0.25, 0.3) is 0 Å². The number of halogens is 4. The molecule has 0 radical (unpaired) electrons. The van der Waals surface area contributed by atoms with Gasteiger partial charge in [0.05, 0.1) is 10.4 Å². The van der Waals surface area contributed by atoms with Gasteiger partial charge in [-0.1, -0.05) is 11.6 Å². The molecule has 0 saturated heterocycles. The Balaban J connectivity index is 2.42. The van der Waals surface area contributed by atoms with Crippen LogP contribution in [0.4, 0.5) is 13.2 Å². The van der Waals surface area contributed by atoms with Crippen LogP contribution in [0.25, 0.3) is 0 Å². The molecule has 1 nitrogen and oxygen atoms in total. The van der Waals surface area contributed by atoms with E-state index in [1.165, 1.54) is 11.3 Å². The standard InChI is InChI=1S/C12H9ClF3NS/c1-5-2-9(18-12(5)13)11(17)6-3-7(14)10(16)8(15)4-6/h2-4,11H,17H2,1H3. The summed E-state index contributed by atoms with van der Waals surface area (Å²) in [5, 5.41) is 0. The van der Waals surface area contributed by atoms with Crippen molar-refractivity contribution in [1.82, 2.24) is 0 Å². The molecule has 2 rings (SSSR count). The maximum absolute atomic E-state index is 13.1.